The number of ether oxygens (including phenoxy) is 2. The van der Waals surface area contributed by atoms with Crippen LogP contribution in [0.5, 0.6) is 5.88 Å². The van der Waals surface area contributed by atoms with E-state index in [1.165, 1.54) is 5.56 Å². The fourth-order valence-electron chi connectivity index (χ4n) is 4.13. The van der Waals surface area contributed by atoms with Crippen molar-refractivity contribution in [2.75, 3.05) is 20.2 Å². The van der Waals surface area contributed by atoms with Gasteiger partial charge in [-0.1, -0.05) is 0 Å². The van der Waals surface area contributed by atoms with E-state index in [1.807, 2.05) is 32.9 Å². The predicted octanol–water partition coefficient (Wildman–Crippen LogP) is 3.37. The van der Waals surface area contributed by atoms with Crippen molar-refractivity contribution in [1.29, 1.82) is 0 Å². The highest BCUT2D eigenvalue weighted by Gasteiger charge is 2.39. The molecule has 1 aromatic heterocycles. The molecule has 0 spiro atoms. The van der Waals surface area contributed by atoms with Gasteiger partial charge in [0.25, 0.3) is 0 Å². The van der Waals surface area contributed by atoms with Crippen LogP contribution in [0.4, 0.5) is 0 Å². The number of rotatable bonds is 2. The molecular formula is C20H24N2O3. The number of methoxy groups -OCH3 is 1. The van der Waals surface area contributed by atoms with E-state index in [0.29, 0.717) is 23.3 Å². The van der Waals surface area contributed by atoms with Gasteiger partial charge in [0.2, 0.25) is 5.88 Å². The number of fused-ring (bicyclic) bond motifs is 6. The molecule has 25 heavy (non-hydrogen) atoms. The highest BCUT2D eigenvalue weighted by molar-refractivity contribution is 6.06. The van der Waals surface area contributed by atoms with Gasteiger partial charge in [-0.15, -0.1) is 0 Å². The molecular weight excluding hydrogens is 316 g/mol. The van der Waals surface area contributed by atoms with Crippen LogP contribution in [0.25, 0.3) is 10.9 Å². The van der Waals surface area contributed by atoms with Crippen LogP contribution in [0.1, 0.15) is 60.5 Å². The van der Waals surface area contributed by atoms with Crippen molar-refractivity contribution in [3.63, 3.8) is 0 Å². The molecule has 1 N–H and O–H groups in total. The number of aromatic nitrogens is 1. The number of carbonyl (C=O) groups excluding carboxylic acids is 1. The van der Waals surface area contributed by atoms with Crippen molar-refractivity contribution in [2.24, 2.45) is 0 Å². The number of piperidine rings is 1. The Morgan fingerprint density at radius 2 is 2.00 bits per heavy atom. The van der Waals surface area contributed by atoms with Gasteiger partial charge in [0.05, 0.1) is 18.2 Å². The highest BCUT2D eigenvalue weighted by atomic mass is 16.6. The number of nitrogens with one attached hydrogen (secondary N) is 1. The van der Waals surface area contributed by atoms with E-state index >= 15 is 0 Å². The normalized spacial score (nSPS) is 21.9. The first kappa shape index (κ1) is 16.3. The van der Waals surface area contributed by atoms with Crippen LogP contribution in [-0.4, -0.2) is 36.8 Å². The van der Waals surface area contributed by atoms with Crippen LogP contribution in [-0.2, 0) is 4.74 Å². The summed E-state index contributed by atoms with van der Waals surface area (Å²) in [5.74, 6) is 1.10. The average molecular weight is 340 g/mol. The number of pyridine rings is 1. The lowest BCUT2D eigenvalue weighted by atomic mass is 9.92. The van der Waals surface area contributed by atoms with Crippen LogP contribution in [0.3, 0.4) is 0 Å². The zero-order chi connectivity index (χ0) is 17.8. The molecule has 2 unspecified atom stereocenters. The van der Waals surface area contributed by atoms with Crippen molar-refractivity contribution in [2.45, 2.75) is 44.6 Å². The van der Waals surface area contributed by atoms with E-state index in [2.05, 4.69) is 16.4 Å². The van der Waals surface area contributed by atoms with E-state index in [0.717, 1.165) is 36.0 Å². The third kappa shape index (κ3) is 2.76. The van der Waals surface area contributed by atoms with Gasteiger partial charge < -0.3 is 14.8 Å². The minimum Gasteiger partial charge on any atom is -0.481 e. The molecule has 1 aromatic carbocycles. The first-order chi connectivity index (χ1) is 11.9. The summed E-state index contributed by atoms with van der Waals surface area (Å²) in [6.45, 7) is 7.56. The largest absolute Gasteiger partial charge is 0.481 e. The zero-order valence-corrected chi connectivity index (χ0v) is 15.2. The highest BCUT2D eigenvalue weighted by Crippen LogP contribution is 2.47. The van der Waals surface area contributed by atoms with Gasteiger partial charge in [0.1, 0.15) is 5.60 Å². The first-order valence-electron chi connectivity index (χ1n) is 8.83. The van der Waals surface area contributed by atoms with Gasteiger partial charge >= 0.3 is 5.97 Å². The van der Waals surface area contributed by atoms with Crippen molar-refractivity contribution in [1.82, 2.24) is 10.3 Å². The third-order valence-corrected chi connectivity index (χ3v) is 5.05. The Morgan fingerprint density at radius 3 is 2.72 bits per heavy atom. The molecule has 2 aliphatic rings. The standard InChI is InChI=1S/C20H24N2O3/c1-20(2,3)25-19(23)18-13-5-6-16(24-4)22-15(13)8-14-11-7-12(17(14)18)10-21-9-11/h5-6,8,11-12,21H,7,9-10H2,1-4H3. The SMILES string of the molecule is COc1ccc2c(C(=O)OC(C)(C)C)c3c(cc2n1)C1CNCC3C1. The maximum absolute atomic E-state index is 13.1. The average Bonchev–Trinajstić information content (AvgIpc) is 2.80. The number of carbonyl (C=O) groups is 1. The Balaban J connectivity index is 1.96. The molecule has 1 fully saturated rings. The Bertz CT molecular complexity index is 854. The summed E-state index contributed by atoms with van der Waals surface area (Å²) >= 11 is 0. The lowest BCUT2D eigenvalue weighted by molar-refractivity contribution is 0.00702. The molecule has 1 aliphatic carbocycles. The Kier molecular flexibility index (Phi) is 3.72. The van der Waals surface area contributed by atoms with E-state index in [-0.39, 0.29) is 5.97 Å². The summed E-state index contributed by atoms with van der Waals surface area (Å²) in [5.41, 5.74) is 3.35. The third-order valence-electron chi connectivity index (χ3n) is 5.05. The number of nitrogens with zero attached hydrogens (tertiary/aromatic N) is 1. The van der Waals surface area contributed by atoms with Gasteiger partial charge in [-0.3, -0.25) is 0 Å². The molecule has 0 amide bonds. The van der Waals surface area contributed by atoms with Crippen LogP contribution < -0.4 is 10.1 Å². The second kappa shape index (κ2) is 5.70. The number of esters is 1. The number of benzene rings is 1. The molecule has 132 valence electrons. The molecule has 5 nitrogen and oxygen atoms in total. The van der Waals surface area contributed by atoms with E-state index < -0.39 is 5.60 Å². The molecule has 0 radical (unpaired) electrons. The molecule has 1 aliphatic heterocycles. The Hall–Kier alpha value is -2.14. The summed E-state index contributed by atoms with van der Waals surface area (Å²) in [5, 5.41) is 4.34. The van der Waals surface area contributed by atoms with Crippen LogP contribution in [0, 0.1) is 0 Å². The predicted molar refractivity (Wildman–Crippen MR) is 96.4 cm³/mol. The van der Waals surface area contributed by atoms with Gasteiger partial charge in [-0.05, 0) is 62.3 Å². The minimum atomic E-state index is -0.530. The van der Waals surface area contributed by atoms with Crippen LogP contribution >= 0.6 is 0 Å². The van der Waals surface area contributed by atoms with Gasteiger partial charge in [0.15, 0.2) is 0 Å². The topological polar surface area (TPSA) is 60.5 Å². The molecule has 2 heterocycles. The number of hydrogen-bond donors (Lipinski definition) is 1. The fourth-order valence-corrected chi connectivity index (χ4v) is 4.13. The first-order valence-corrected chi connectivity index (χ1v) is 8.83. The maximum atomic E-state index is 13.1. The van der Waals surface area contributed by atoms with Gasteiger partial charge in [0, 0.05) is 24.5 Å². The Labute approximate surface area is 147 Å². The van der Waals surface area contributed by atoms with E-state index in [9.17, 15) is 4.79 Å². The maximum Gasteiger partial charge on any atom is 0.339 e. The van der Waals surface area contributed by atoms with Gasteiger partial charge in [-0.2, -0.15) is 0 Å². The molecule has 0 saturated carbocycles. The summed E-state index contributed by atoms with van der Waals surface area (Å²) in [6, 6.07) is 5.87. The lowest BCUT2D eigenvalue weighted by Crippen LogP contribution is -2.29. The molecule has 2 bridgehead atoms. The summed E-state index contributed by atoms with van der Waals surface area (Å²) in [4.78, 5) is 17.6. The van der Waals surface area contributed by atoms with E-state index in [1.54, 1.807) is 7.11 Å². The molecule has 2 aromatic rings. The quantitative estimate of drug-likeness (QED) is 0.849. The molecule has 4 rings (SSSR count). The molecule has 1 saturated heterocycles. The van der Waals surface area contributed by atoms with Crippen molar-refractivity contribution in [3.05, 3.63) is 34.9 Å². The monoisotopic (exact) mass is 340 g/mol. The summed E-state index contributed by atoms with van der Waals surface area (Å²) < 4.78 is 11.0. The molecule has 5 heteroatoms. The second-order valence-electron chi connectivity index (χ2n) is 7.96. The van der Waals surface area contributed by atoms with Crippen molar-refractivity contribution >= 4 is 16.9 Å². The lowest BCUT2D eigenvalue weighted by Gasteiger charge is -2.23. The van der Waals surface area contributed by atoms with E-state index in [4.69, 9.17) is 9.47 Å². The van der Waals surface area contributed by atoms with Crippen LogP contribution in [0.2, 0.25) is 0 Å². The second-order valence-corrected chi connectivity index (χ2v) is 7.96. The Morgan fingerprint density at radius 1 is 1.24 bits per heavy atom. The minimum absolute atomic E-state index is 0.256. The zero-order valence-electron chi connectivity index (χ0n) is 15.2. The van der Waals surface area contributed by atoms with Crippen molar-refractivity contribution in [3.8, 4) is 5.88 Å². The summed E-state index contributed by atoms with van der Waals surface area (Å²) in [7, 11) is 1.60. The molecule has 2 atom stereocenters. The van der Waals surface area contributed by atoms with Crippen molar-refractivity contribution < 1.29 is 14.3 Å². The van der Waals surface area contributed by atoms with Crippen LogP contribution in [0.15, 0.2) is 18.2 Å². The van der Waals surface area contributed by atoms with Gasteiger partial charge in [-0.25, -0.2) is 9.78 Å². The fraction of sp³-hybridized carbons (Fsp3) is 0.500. The summed E-state index contributed by atoms with van der Waals surface area (Å²) in [6.07, 6.45) is 1.09. The number of hydrogen-bond acceptors (Lipinski definition) is 5. The smallest absolute Gasteiger partial charge is 0.339 e.